The molecule has 82 valence electrons. The lowest BCUT2D eigenvalue weighted by Crippen LogP contribution is -2.12. The summed E-state index contributed by atoms with van der Waals surface area (Å²) in [5.74, 6) is 0.882. The summed E-state index contributed by atoms with van der Waals surface area (Å²) >= 11 is 0. The zero-order valence-corrected chi connectivity index (χ0v) is 8.38. The highest BCUT2D eigenvalue weighted by Crippen LogP contribution is 2.33. The van der Waals surface area contributed by atoms with Gasteiger partial charge in [-0.25, -0.2) is 0 Å². The fraction of sp³-hybridized carbons (Fsp3) is 0.200. The van der Waals surface area contributed by atoms with Crippen molar-refractivity contribution in [2.24, 2.45) is 0 Å². The highest BCUT2D eigenvalue weighted by atomic mass is 16.5. The number of anilines is 2. The molecule has 0 aliphatic carbocycles. The van der Waals surface area contributed by atoms with Crippen LogP contribution in [0.25, 0.3) is 0 Å². The minimum Gasteiger partial charge on any atom is -0.491 e. The molecule has 6 heteroatoms. The molecule has 0 saturated heterocycles. The van der Waals surface area contributed by atoms with Gasteiger partial charge in [0.2, 0.25) is 0 Å². The normalized spacial score (nSPS) is 17.9. The second-order valence-corrected chi connectivity index (χ2v) is 3.49. The first-order valence-electron chi connectivity index (χ1n) is 4.90. The molecule has 3 N–H and O–H groups in total. The molecular formula is C10H10N4O2. The first-order chi connectivity index (χ1) is 7.83. The predicted octanol–water partition coefficient (Wildman–Crippen LogP) is 1.20. The van der Waals surface area contributed by atoms with Crippen molar-refractivity contribution in [1.82, 2.24) is 10.2 Å². The lowest BCUT2D eigenvalue weighted by atomic mass is 10.1. The predicted molar refractivity (Wildman–Crippen MR) is 57.0 cm³/mol. The number of benzene rings is 1. The zero-order valence-electron chi connectivity index (χ0n) is 8.38. The number of hydrogen-bond acceptors (Lipinski definition) is 6. The summed E-state index contributed by atoms with van der Waals surface area (Å²) in [5.41, 5.74) is 6.42. The van der Waals surface area contributed by atoms with E-state index in [2.05, 4.69) is 15.5 Å². The average Bonchev–Trinajstić information content (AvgIpc) is 2.87. The molecule has 0 saturated carbocycles. The Bertz CT molecular complexity index is 511. The summed E-state index contributed by atoms with van der Waals surface area (Å²) in [7, 11) is 0. The van der Waals surface area contributed by atoms with Crippen LogP contribution in [0.1, 0.15) is 11.6 Å². The van der Waals surface area contributed by atoms with Gasteiger partial charge in [-0.15, -0.1) is 0 Å². The van der Waals surface area contributed by atoms with Gasteiger partial charge < -0.3 is 20.2 Å². The number of nitrogens with two attached hydrogens (primary N) is 1. The van der Waals surface area contributed by atoms with Gasteiger partial charge in [-0.05, 0) is 6.07 Å². The van der Waals surface area contributed by atoms with Crippen LogP contribution in [0.4, 0.5) is 12.0 Å². The third kappa shape index (κ3) is 1.44. The van der Waals surface area contributed by atoms with Crippen LogP contribution < -0.4 is 15.8 Å². The highest BCUT2D eigenvalue weighted by molar-refractivity contribution is 5.43. The Labute approximate surface area is 91.4 Å². The second kappa shape index (κ2) is 3.41. The molecule has 1 aliphatic rings. The Morgan fingerprint density at radius 2 is 2.19 bits per heavy atom. The maximum Gasteiger partial charge on any atom is 0.317 e. The van der Waals surface area contributed by atoms with E-state index in [-0.39, 0.29) is 12.1 Å². The summed E-state index contributed by atoms with van der Waals surface area (Å²) in [5, 5.41) is 10.4. The van der Waals surface area contributed by atoms with Gasteiger partial charge in [-0.1, -0.05) is 28.4 Å². The number of aromatic nitrogens is 2. The van der Waals surface area contributed by atoms with Gasteiger partial charge in [0.15, 0.2) is 0 Å². The van der Waals surface area contributed by atoms with Crippen molar-refractivity contribution in [2.45, 2.75) is 6.04 Å². The van der Waals surface area contributed by atoms with Gasteiger partial charge >= 0.3 is 12.0 Å². The van der Waals surface area contributed by atoms with E-state index in [4.69, 9.17) is 14.9 Å². The minimum absolute atomic E-state index is 0.0241. The SMILES string of the molecule is Nc1nnc(NC2COc3ccccc32)o1. The Kier molecular flexibility index (Phi) is 1.92. The standard InChI is InChI=1S/C10H10N4O2/c11-9-13-14-10(16-9)12-7-5-15-8-4-2-1-3-6(7)8/h1-4,7H,5H2,(H2,11,13)(H,12,14). The van der Waals surface area contributed by atoms with Crippen LogP contribution in [0, 0.1) is 0 Å². The maximum absolute atomic E-state index is 5.51. The van der Waals surface area contributed by atoms with Crippen LogP contribution in [0.3, 0.4) is 0 Å². The van der Waals surface area contributed by atoms with E-state index in [1.54, 1.807) is 0 Å². The van der Waals surface area contributed by atoms with E-state index >= 15 is 0 Å². The molecule has 16 heavy (non-hydrogen) atoms. The fourth-order valence-corrected chi connectivity index (χ4v) is 1.72. The summed E-state index contributed by atoms with van der Waals surface area (Å²) < 4.78 is 10.6. The number of fused-ring (bicyclic) bond motifs is 1. The molecule has 2 heterocycles. The van der Waals surface area contributed by atoms with Crippen molar-refractivity contribution < 1.29 is 9.15 Å². The topological polar surface area (TPSA) is 86.2 Å². The third-order valence-electron chi connectivity index (χ3n) is 2.44. The van der Waals surface area contributed by atoms with Gasteiger partial charge in [0.05, 0.1) is 6.04 Å². The van der Waals surface area contributed by atoms with E-state index in [9.17, 15) is 0 Å². The smallest absolute Gasteiger partial charge is 0.317 e. The zero-order chi connectivity index (χ0) is 11.0. The number of ether oxygens (including phenoxy) is 1. The summed E-state index contributed by atoms with van der Waals surface area (Å²) in [4.78, 5) is 0. The van der Waals surface area contributed by atoms with Crippen LogP contribution in [0.2, 0.25) is 0 Å². The third-order valence-corrected chi connectivity index (χ3v) is 2.44. The Balaban J connectivity index is 1.83. The second-order valence-electron chi connectivity index (χ2n) is 3.49. The number of rotatable bonds is 2. The monoisotopic (exact) mass is 218 g/mol. The molecule has 0 bridgehead atoms. The van der Waals surface area contributed by atoms with Crippen molar-refractivity contribution >= 4 is 12.0 Å². The van der Waals surface area contributed by atoms with Crippen LogP contribution in [-0.4, -0.2) is 16.8 Å². The molecule has 0 radical (unpaired) electrons. The molecule has 3 rings (SSSR count). The quantitative estimate of drug-likeness (QED) is 0.787. The van der Waals surface area contributed by atoms with Crippen molar-refractivity contribution in [3.63, 3.8) is 0 Å². The lowest BCUT2D eigenvalue weighted by molar-refractivity contribution is 0.338. The molecule has 1 aromatic carbocycles. The molecule has 0 amide bonds. The molecule has 1 atom stereocenters. The van der Waals surface area contributed by atoms with E-state index in [0.717, 1.165) is 11.3 Å². The van der Waals surface area contributed by atoms with Gasteiger partial charge in [-0.2, -0.15) is 0 Å². The Morgan fingerprint density at radius 1 is 1.31 bits per heavy atom. The molecular weight excluding hydrogens is 208 g/mol. The van der Waals surface area contributed by atoms with Crippen molar-refractivity contribution in [2.75, 3.05) is 17.7 Å². The summed E-state index contributed by atoms with van der Waals surface area (Å²) in [6.45, 7) is 0.543. The minimum atomic E-state index is 0.0241. The summed E-state index contributed by atoms with van der Waals surface area (Å²) in [6, 6.07) is 8.21. The van der Waals surface area contributed by atoms with Crippen LogP contribution in [0.15, 0.2) is 28.7 Å². The molecule has 0 spiro atoms. The highest BCUT2D eigenvalue weighted by Gasteiger charge is 2.24. The van der Waals surface area contributed by atoms with Crippen molar-refractivity contribution in [3.05, 3.63) is 29.8 Å². The van der Waals surface area contributed by atoms with Gasteiger partial charge in [-0.3, -0.25) is 0 Å². The van der Waals surface area contributed by atoms with Crippen molar-refractivity contribution in [1.29, 1.82) is 0 Å². The summed E-state index contributed by atoms with van der Waals surface area (Å²) in [6.07, 6.45) is 0. The van der Waals surface area contributed by atoms with Crippen LogP contribution in [-0.2, 0) is 0 Å². The largest absolute Gasteiger partial charge is 0.491 e. The number of nitrogen functional groups attached to an aromatic ring is 1. The first-order valence-corrected chi connectivity index (χ1v) is 4.90. The van der Waals surface area contributed by atoms with Gasteiger partial charge in [0, 0.05) is 5.56 Å². The maximum atomic E-state index is 5.51. The first kappa shape index (κ1) is 9.02. The van der Waals surface area contributed by atoms with E-state index in [1.807, 2.05) is 24.3 Å². The number of para-hydroxylation sites is 1. The number of nitrogens with zero attached hydrogens (tertiary/aromatic N) is 2. The molecule has 1 aliphatic heterocycles. The Morgan fingerprint density at radius 3 is 3.00 bits per heavy atom. The molecule has 1 unspecified atom stereocenters. The van der Waals surface area contributed by atoms with E-state index < -0.39 is 0 Å². The van der Waals surface area contributed by atoms with E-state index in [0.29, 0.717) is 12.6 Å². The van der Waals surface area contributed by atoms with Gasteiger partial charge in [0.1, 0.15) is 12.4 Å². The van der Waals surface area contributed by atoms with E-state index in [1.165, 1.54) is 0 Å². The molecule has 0 fully saturated rings. The number of hydrogen-bond donors (Lipinski definition) is 2. The fourth-order valence-electron chi connectivity index (χ4n) is 1.72. The number of nitrogens with one attached hydrogen (secondary N) is 1. The lowest BCUT2D eigenvalue weighted by Gasteiger charge is -2.07. The van der Waals surface area contributed by atoms with Gasteiger partial charge in [0.25, 0.3) is 0 Å². The molecule has 1 aromatic heterocycles. The van der Waals surface area contributed by atoms with Crippen LogP contribution >= 0.6 is 0 Å². The average molecular weight is 218 g/mol. The van der Waals surface area contributed by atoms with Crippen molar-refractivity contribution in [3.8, 4) is 5.75 Å². The van der Waals surface area contributed by atoms with Crippen LogP contribution in [0.5, 0.6) is 5.75 Å². The Hall–Kier alpha value is -2.24. The molecule has 6 nitrogen and oxygen atoms in total. The molecule has 2 aromatic rings.